The summed E-state index contributed by atoms with van der Waals surface area (Å²) >= 11 is 0. The number of hydrogen-bond donors (Lipinski definition) is 2. The monoisotopic (exact) mass is 709 g/mol. The number of fused-ring (bicyclic) bond motifs is 7. The first-order chi connectivity index (χ1) is 25.0. The maximum atomic E-state index is 17.6. The average molecular weight is 710 g/mol. The molecule has 0 unspecified atom stereocenters. The lowest BCUT2D eigenvalue weighted by Gasteiger charge is -2.41. The van der Waals surface area contributed by atoms with Crippen LogP contribution in [0.1, 0.15) is 55.2 Å². The molecule has 9 rings (SSSR count). The van der Waals surface area contributed by atoms with Gasteiger partial charge >= 0.3 is 6.01 Å². The fourth-order valence-corrected chi connectivity index (χ4v) is 9.52. The van der Waals surface area contributed by atoms with Gasteiger partial charge in [-0.15, -0.1) is 6.42 Å². The number of nitrogens with two attached hydrogens (primary N) is 1. The molecule has 8 nitrogen and oxygen atoms in total. The number of terminal acetylenes is 1. The van der Waals surface area contributed by atoms with Gasteiger partial charge in [-0.25, -0.2) is 13.2 Å². The zero-order valence-corrected chi connectivity index (χ0v) is 27.9. The van der Waals surface area contributed by atoms with Crippen LogP contribution in [-0.4, -0.2) is 64.8 Å². The van der Waals surface area contributed by atoms with Gasteiger partial charge in [-0.2, -0.15) is 24.0 Å². The smallest absolute Gasteiger partial charge is 0.319 e. The second kappa shape index (κ2) is 11.6. The summed E-state index contributed by atoms with van der Waals surface area (Å²) in [5.41, 5.74) is 4.12. The Bertz CT molecular complexity index is 2400. The van der Waals surface area contributed by atoms with Crippen molar-refractivity contribution in [2.45, 2.75) is 62.2 Å². The van der Waals surface area contributed by atoms with Crippen molar-refractivity contribution in [1.82, 2.24) is 20.2 Å². The van der Waals surface area contributed by atoms with Crippen molar-refractivity contribution in [2.24, 2.45) is 0 Å². The Labute approximate surface area is 295 Å². The van der Waals surface area contributed by atoms with Gasteiger partial charge in [0.25, 0.3) is 6.08 Å². The van der Waals surface area contributed by atoms with Gasteiger partial charge in [-0.05, 0) is 68.2 Å². The summed E-state index contributed by atoms with van der Waals surface area (Å²) in [5.74, 6) is -0.373. The van der Waals surface area contributed by atoms with Crippen LogP contribution < -0.4 is 20.7 Å². The van der Waals surface area contributed by atoms with Crippen LogP contribution in [-0.2, 0) is 0 Å². The first-order valence-electron chi connectivity index (χ1n) is 17.3. The van der Waals surface area contributed by atoms with Gasteiger partial charge in [0.1, 0.15) is 29.8 Å². The lowest BCUT2D eigenvalue weighted by atomic mass is 9.84. The lowest BCUT2D eigenvalue weighted by Crippen LogP contribution is -2.58. The molecular formula is C39H32F5N7O. The predicted molar refractivity (Wildman–Crippen MR) is 187 cm³/mol. The van der Waals surface area contributed by atoms with Crippen LogP contribution in [0.4, 0.5) is 33.5 Å². The molecule has 0 amide bonds. The Balaban J connectivity index is 1.32. The minimum atomic E-state index is -1.69. The van der Waals surface area contributed by atoms with Crippen molar-refractivity contribution in [3.05, 3.63) is 70.6 Å². The molecule has 4 fully saturated rings. The highest BCUT2D eigenvalue weighted by molar-refractivity contribution is 6.10. The summed E-state index contributed by atoms with van der Waals surface area (Å²) in [7, 11) is 0. The van der Waals surface area contributed by atoms with E-state index in [0.29, 0.717) is 37.3 Å². The lowest BCUT2D eigenvalue weighted by molar-refractivity contribution is 0.108. The molecule has 1 aromatic heterocycles. The molecular weight excluding hydrogens is 677 g/mol. The van der Waals surface area contributed by atoms with Crippen molar-refractivity contribution >= 4 is 38.8 Å². The summed E-state index contributed by atoms with van der Waals surface area (Å²) in [6.45, 7) is 5.65. The number of nitrogens with one attached hydrogen (secondary N) is 1. The third kappa shape index (κ3) is 4.58. The van der Waals surface area contributed by atoms with Gasteiger partial charge in [0.15, 0.2) is 11.6 Å². The van der Waals surface area contributed by atoms with E-state index in [0.717, 1.165) is 25.3 Å². The van der Waals surface area contributed by atoms with E-state index in [9.17, 15) is 14.0 Å². The zero-order valence-electron chi connectivity index (χ0n) is 27.9. The summed E-state index contributed by atoms with van der Waals surface area (Å²) < 4.78 is 83.0. The first kappa shape index (κ1) is 32.7. The normalized spacial score (nSPS) is 24.9. The van der Waals surface area contributed by atoms with Crippen molar-refractivity contribution in [3.63, 3.8) is 0 Å². The number of aromatic nitrogens is 2. The molecule has 4 aromatic rings. The molecule has 2 bridgehead atoms. The third-order valence-electron chi connectivity index (χ3n) is 11.8. The van der Waals surface area contributed by atoms with Crippen LogP contribution in [0.15, 0.2) is 36.4 Å². The van der Waals surface area contributed by atoms with E-state index >= 15 is 13.2 Å². The molecule has 3 N–H and O–H groups in total. The Kier molecular flexibility index (Phi) is 7.31. The molecule has 5 aliphatic rings. The molecule has 4 saturated heterocycles. The quantitative estimate of drug-likeness (QED) is 0.136. The Hall–Kier alpha value is -5.24. The SMILES string of the molecule is C#Cc1c(F)ccc2cc(N)c(F)c(-c3c(C#N)c4c5c(nc(OC[C@@]67CCCN6CC(=C(F)F)C7)nc5c3F)N3C[C@H]5CC[C@H](N5)[C@H]3CC4=C)c12. The summed E-state index contributed by atoms with van der Waals surface area (Å²) in [4.78, 5) is 13.5. The summed E-state index contributed by atoms with van der Waals surface area (Å²) in [6, 6.07) is 5.71. The number of nitrogen functional groups attached to an aromatic ring is 1. The fraction of sp³-hybridized carbons (Fsp3) is 0.359. The van der Waals surface area contributed by atoms with Crippen LogP contribution in [0.5, 0.6) is 6.01 Å². The van der Waals surface area contributed by atoms with Crippen molar-refractivity contribution < 1.29 is 26.7 Å². The number of piperazine rings is 1. The third-order valence-corrected chi connectivity index (χ3v) is 11.8. The molecule has 13 heteroatoms. The van der Waals surface area contributed by atoms with E-state index in [2.05, 4.69) is 33.8 Å². The largest absolute Gasteiger partial charge is 0.461 e. The van der Waals surface area contributed by atoms with E-state index in [1.807, 2.05) is 4.90 Å². The van der Waals surface area contributed by atoms with Crippen LogP contribution in [0, 0.1) is 41.1 Å². The van der Waals surface area contributed by atoms with Crippen molar-refractivity contribution in [2.75, 3.05) is 36.9 Å². The Morgan fingerprint density at radius 2 is 1.94 bits per heavy atom. The number of benzene rings is 3. The molecule has 4 atom stereocenters. The highest BCUT2D eigenvalue weighted by Crippen LogP contribution is 2.50. The fourth-order valence-electron chi connectivity index (χ4n) is 9.52. The molecule has 264 valence electrons. The maximum absolute atomic E-state index is 17.6. The zero-order chi connectivity index (χ0) is 36.2. The first-order valence-corrected chi connectivity index (χ1v) is 17.3. The van der Waals surface area contributed by atoms with Gasteiger partial charge in [0.05, 0.1) is 27.7 Å². The summed E-state index contributed by atoms with van der Waals surface area (Å²) in [6.07, 6.45) is 7.78. The topological polar surface area (TPSA) is 103 Å². The van der Waals surface area contributed by atoms with Gasteiger partial charge in [0.2, 0.25) is 0 Å². The maximum Gasteiger partial charge on any atom is 0.319 e. The highest BCUT2D eigenvalue weighted by atomic mass is 19.3. The van der Waals surface area contributed by atoms with Gasteiger partial charge in [-0.1, -0.05) is 18.6 Å². The highest BCUT2D eigenvalue weighted by Gasteiger charge is 2.49. The van der Waals surface area contributed by atoms with Crippen LogP contribution in [0.25, 0.3) is 38.4 Å². The standard InChI is InChI=1S/C39H32F5N7O/c1-3-22-24(40)7-5-19-12-25(46)33(41)31(29(19)22)30-23(14-45)28-18(2)11-27-26-8-6-21(47-26)16-51(27)37-32(28)35(34(30)42)48-38(49-37)52-17-39-9-4-10-50(39)15-20(13-39)36(43)44/h1,5,7,12,21,26-27,47H,2,4,6,8-11,13,15-17,46H2/t21-,26+,27-,39+/m1/s1. The van der Waals surface area contributed by atoms with Crippen LogP contribution in [0.3, 0.4) is 0 Å². The van der Waals surface area contributed by atoms with E-state index in [4.69, 9.17) is 21.9 Å². The minimum Gasteiger partial charge on any atom is -0.461 e. The van der Waals surface area contributed by atoms with Gasteiger partial charge in [-0.3, -0.25) is 4.90 Å². The minimum absolute atomic E-state index is 0.0193. The average Bonchev–Trinajstić information content (AvgIpc) is 3.80. The van der Waals surface area contributed by atoms with E-state index in [1.54, 1.807) is 0 Å². The predicted octanol–water partition coefficient (Wildman–Crippen LogP) is 6.80. The second-order valence-electron chi connectivity index (χ2n) is 14.6. The number of hydrogen-bond acceptors (Lipinski definition) is 8. The van der Waals surface area contributed by atoms with Crippen molar-refractivity contribution in [1.29, 1.82) is 5.26 Å². The van der Waals surface area contributed by atoms with Gasteiger partial charge in [0, 0.05) is 58.9 Å². The number of ether oxygens (including phenoxy) is 1. The number of nitrogens with zero attached hydrogens (tertiary/aromatic N) is 5. The number of halogens is 5. The Morgan fingerprint density at radius 1 is 1.12 bits per heavy atom. The van der Waals surface area contributed by atoms with Crippen LogP contribution in [0.2, 0.25) is 0 Å². The van der Waals surface area contributed by atoms with E-state index in [-0.39, 0.29) is 93.3 Å². The number of rotatable bonds is 4. The molecule has 3 aromatic carbocycles. The molecule has 5 aliphatic heterocycles. The second-order valence-corrected chi connectivity index (χ2v) is 14.6. The number of anilines is 2. The molecule has 6 heterocycles. The number of nitriles is 1. The molecule has 0 aliphatic carbocycles. The molecule has 0 radical (unpaired) electrons. The molecule has 52 heavy (non-hydrogen) atoms. The van der Waals surface area contributed by atoms with E-state index in [1.165, 1.54) is 12.1 Å². The molecule has 0 saturated carbocycles. The van der Waals surface area contributed by atoms with Gasteiger partial charge < -0.3 is 20.7 Å². The summed E-state index contributed by atoms with van der Waals surface area (Å²) in [5, 5.41) is 14.8. The Morgan fingerprint density at radius 3 is 2.71 bits per heavy atom. The van der Waals surface area contributed by atoms with Crippen LogP contribution >= 0.6 is 0 Å². The molecule has 0 spiro atoms. The van der Waals surface area contributed by atoms with Crippen molar-refractivity contribution in [3.8, 4) is 35.6 Å². The van der Waals surface area contributed by atoms with E-state index < -0.39 is 40.2 Å².